The van der Waals surface area contributed by atoms with Crippen LogP contribution in [0.1, 0.15) is 12.8 Å². The molecule has 0 aliphatic carbocycles. The summed E-state index contributed by atoms with van der Waals surface area (Å²) in [7, 11) is 0. The number of allylic oxidation sites excluding steroid dienone is 2. The van der Waals surface area contributed by atoms with E-state index in [1.54, 1.807) is 6.08 Å². The zero-order chi connectivity index (χ0) is 6.41. The van der Waals surface area contributed by atoms with Crippen LogP contribution < -0.4 is 0 Å². The second-order valence-corrected chi connectivity index (χ2v) is 1.69. The molecule has 0 amide bonds. The van der Waals surface area contributed by atoms with Crippen molar-refractivity contribution in [1.82, 2.24) is 0 Å². The normalized spacial score (nSPS) is 8.62. The molecule has 46 valence electrons. The molecule has 0 bridgehead atoms. The second kappa shape index (κ2) is 4.60. The van der Waals surface area contributed by atoms with E-state index in [0.717, 1.165) is 18.4 Å². The van der Waals surface area contributed by atoms with Crippen LogP contribution in [0.15, 0.2) is 24.8 Å². The fourth-order valence-electron chi connectivity index (χ4n) is 0.408. The maximum atomic E-state index is 8.34. The molecule has 0 unspecified atom stereocenters. The van der Waals surface area contributed by atoms with Gasteiger partial charge in [0.2, 0.25) is 0 Å². The SMILES string of the molecule is C=CC(=C)CCCO. The van der Waals surface area contributed by atoms with Gasteiger partial charge in [-0.25, -0.2) is 0 Å². The minimum Gasteiger partial charge on any atom is -0.396 e. The average molecular weight is 112 g/mol. The lowest BCUT2D eigenvalue weighted by Gasteiger charge is -1.93. The average Bonchev–Trinajstić information content (AvgIpc) is 1.83. The summed E-state index contributed by atoms with van der Waals surface area (Å²) in [4.78, 5) is 0. The molecule has 0 fully saturated rings. The van der Waals surface area contributed by atoms with Crippen LogP contribution in [0.25, 0.3) is 0 Å². The van der Waals surface area contributed by atoms with E-state index in [9.17, 15) is 0 Å². The topological polar surface area (TPSA) is 20.2 Å². The van der Waals surface area contributed by atoms with Crippen LogP contribution in [-0.4, -0.2) is 11.7 Å². The largest absolute Gasteiger partial charge is 0.396 e. The van der Waals surface area contributed by atoms with Crippen LogP contribution in [0.2, 0.25) is 0 Å². The van der Waals surface area contributed by atoms with Crippen molar-refractivity contribution < 1.29 is 5.11 Å². The summed E-state index contributed by atoms with van der Waals surface area (Å²) in [5.74, 6) is 0. The molecule has 0 radical (unpaired) electrons. The van der Waals surface area contributed by atoms with Crippen molar-refractivity contribution in [2.24, 2.45) is 0 Å². The zero-order valence-electron chi connectivity index (χ0n) is 5.06. The van der Waals surface area contributed by atoms with Crippen molar-refractivity contribution in [2.75, 3.05) is 6.61 Å². The first-order valence-corrected chi connectivity index (χ1v) is 2.72. The Kier molecular flexibility index (Phi) is 4.27. The predicted molar refractivity (Wildman–Crippen MR) is 35.7 cm³/mol. The smallest absolute Gasteiger partial charge is 0.0434 e. The molecule has 0 aromatic heterocycles. The number of aliphatic hydroxyl groups is 1. The molecule has 8 heavy (non-hydrogen) atoms. The van der Waals surface area contributed by atoms with Crippen LogP contribution in [-0.2, 0) is 0 Å². The fraction of sp³-hybridized carbons (Fsp3) is 0.429. The summed E-state index contributed by atoms with van der Waals surface area (Å²) in [6, 6.07) is 0. The third kappa shape index (κ3) is 3.62. The summed E-state index contributed by atoms with van der Waals surface area (Å²) in [6.45, 7) is 7.46. The summed E-state index contributed by atoms with van der Waals surface area (Å²) in [5.41, 5.74) is 0.999. The van der Waals surface area contributed by atoms with E-state index in [2.05, 4.69) is 13.2 Å². The Morgan fingerprint density at radius 3 is 2.62 bits per heavy atom. The van der Waals surface area contributed by atoms with Gasteiger partial charge in [-0.15, -0.1) is 0 Å². The molecule has 0 aromatic rings. The van der Waals surface area contributed by atoms with E-state index in [4.69, 9.17) is 5.11 Å². The van der Waals surface area contributed by atoms with Crippen LogP contribution >= 0.6 is 0 Å². The molecule has 1 heteroatoms. The lowest BCUT2D eigenvalue weighted by molar-refractivity contribution is 0.289. The first kappa shape index (κ1) is 7.44. The molecular formula is C7H12O. The van der Waals surface area contributed by atoms with E-state index in [0.29, 0.717) is 0 Å². The Morgan fingerprint density at radius 2 is 2.25 bits per heavy atom. The number of aliphatic hydroxyl groups excluding tert-OH is 1. The van der Waals surface area contributed by atoms with E-state index in [1.165, 1.54) is 0 Å². The Balaban J connectivity index is 3.11. The number of rotatable bonds is 4. The molecule has 0 heterocycles. The lowest BCUT2D eigenvalue weighted by Crippen LogP contribution is -1.82. The minimum atomic E-state index is 0.243. The Bertz CT molecular complexity index is 84.4. The highest BCUT2D eigenvalue weighted by atomic mass is 16.2. The molecule has 0 aliphatic rings. The maximum Gasteiger partial charge on any atom is 0.0434 e. The lowest BCUT2D eigenvalue weighted by atomic mass is 10.2. The van der Waals surface area contributed by atoms with Crippen molar-refractivity contribution in [3.63, 3.8) is 0 Å². The summed E-state index contributed by atoms with van der Waals surface area (Å²) >= 11 is 0. The van der Waals surface area contributed by atoms with Gasteiger partial charge in [0.25, 0.3) is 0 Å². The van der Waals surface area contributed by atoms with Crippen molar-refractivity contribution in [3.05, 3.63) is 24.8 Å². The van der Waals surface area contributed by atoms with Crippen molar-refractivity contribution in [2.45, 2.75) is 12.8 Å². The van der Waals surface area contributed by atoms with Gasteiger partial charge < -0.3 is 5.11 Å². The van der Waals surface area contributed by atoms with Gasteiger partial charge in [0.05, 0.1) is 0 Å². The standard InChI is InChI=1S/C7H12O/c1-3-7(2)5-4-6-8/h3,8H,1-2,4-6H2. The summed E-state index contributed by atoms with van der Waals surface area (Å²) in [6.07, 6.45) is 3.38. The molecule has 0 saturated heterocycles. The molecule has 0 aromatic carbocycles. The second-order valence-electron chi connectivity index (χ2n) is 1.69. The number of hydrogen-bond acceptors (Lipinski definition) is 1. The van der Waals surface area contributed by atoms with Crippen LogP contribution in [0, 0.1) is 0 Å². The van der Waals surface area contributed by atoms with Gasteiger partial charge in [-0.3, -0.25) is 0 Å². The first-order chi connectivity index (χ1) is 3.81. The van der Waals surface area contributed by atoms with E-state index in [1.807, 2.05) is 0 Å². The third-order valence-electron chi connectivity index (χ3n) is 0.945. The maximum absolute atomic E-state index is 8.34. The summed E-state index contributed by atoms with van der Waals surface area (Å²) in [5, 5.41) is 8.34. The van der Waals surface area contributed by atoms with Crippen LogP contribution in [0.4, 0.5) is 0 Å². The van der Waals surface area contributed by atoms with E-state index in [-0.39, 0.29) is 6.61 Å². The highest BCUT2D eigenvalue weighted by Gasteiger charge is 1.84. The van der Waals surface area contributed by atoms with Crippen LogP contribution in [0.3, 0.4) is 0 Å². The molecule has 0 atom stereocenters. The van der Waals surface area contributed by atoms with Crippen molar-refractivity contribution in [1.29, 1.82) is 0 Å². The van der Waals surface area contributed by atoms with E-state index < -0.39 is 0 Å². The highest BCUT2D eigenvalue weighted by molar-refractivity contribution is 5.10. The monoisotopic (exact) mass is 112 g/mol. The van der Waals surface area contributed by atoms with Gasteiger partial charge in [-0.05, 0) is 12.8 Å². The van der Waals surface area contributed by atoms with Crippen molar-refractivity contribution in [3.8, 4) is 0 Å². The molecule has 0 rings (SSSR count). The Labute approximate surface area is 50.3 Å². The Morgan fingerprint density at radius 1 is 1.62 bits per heavy atom. The Hall–Kier alpha value is -0.560. The quantitative estimate of drug-likeness (QED) is 0.546. The minimum absolute atomic E-state index is 0.243. The first-order valence-electron chi connectivity index (χ1n) is 2.72. The molecule has 0 spiro atoms. The van der Waals surface area contributed by atoms with Gasteiger partial charge in [0.1, 0.15) is 0 Å². The molecule has 1 N–H and O–H groups in total. The zero-order valence-corrected chi connectivity index (χ0v) is 5.06. The molecule has 0 aliphatic heterocycles. The highest BCUT2D eigenvalue weighted by Crippen LogP contribution is 2.00. The fourth-order valence-corrected chi connectivity index (χ4v) is 0.408. The van der Waals surface area contributed by atoms with Gasteiger partial charge in [-0.1, -0.05) is 24.8 Å². The van der Waals surface area contributed by atoms with Gasteiger partial charge >= 0.3 is 0 Å². The molecular weight excluding hydrogens is 100 g/mol. The van der Waals surface area contributed by atoms with Gasteiger partial charge in [-0.2, -0.15) is 0 Å². The molecule has 0 saturated carbocycles. The predicted octanol–water partition coefficient (Wildman–Crippen LogP) is 1.50. The van der Waals surface area contributed by atoms with Gasteiger partial charge in [0.15, 0.2) is 0 Å². The third-order valence-corrected chi connectivity index (χ3v) is 0.945. The van der Waals surface area contributed by atoms with Crippen LogP contribution in [0.5, 0.6) is 0 Å². The molecule has 1 nitrogen and oxygen atoms in total. The van der Waals surface area contributed by atoms with Crippen molar-refractivity contribution >= 4 is 0 Å². The summed E-state index contributed by atoms with van der Waals surface area (Å²) < 4.78 is 0. The van der Waals surface area contributed by atoms with Gasteiger partial charge in [0, 0.05) is 6.61 Å². The number of hydrogen-bond donors (Lipinski definition) is 1. The van der Waals surface area contributed by atoms with E-state index >= 15 is 0 Å².